The van der Waals surface area contributed by atoms with Crippen molar-refractivity contribution in [2.24, 2.45) is 0 Å². The second kappa shape index (κ2) is 5.51. The summed E-state index contributed by atoms with van der Waals surface area (Å²) >= 11 is 0. The van der Waals surface area contributed by atoms with Crippen molar-refractivity contribution in [2.45, 2.75) is 13.5 Å². The molecule has 0 spiro atoms. The Morgan fingerprint density at radius 3 is 2.95 bits per heavy atom. The number of hydrogen-bond donors (Lipinski definition) is 2. The first-order valence-electron chi connectivity index (χ1n) is 5.72. The maximum atomic E-state index is 13.2. The zero-order valence-electron chi connectivity index (χ0n) is 10.7. The summed E-state index contributed by atoms with van der Waals surface area (Å²) in [5.41, 5.74) is 2.60. The van der Waals surface area contributed by atoms with Crippen LogP contribution in [0.4, 0.5) is 10.1 Å². The van der Waals surface area contributed by atoms with Crippen LogP contribution in [0.25, 0.3) is 0 Å². The van der Waals surface area contributed by atoms with Gasteiger partial charge in [-0.2, -0.15) is 5.10 Å². The summed E-state index contributed by atoms with van der Waals surface area (Å²) < 4.78 is 17.8. The number of halogens is 1. The number of aromatic nitrogens is 2. The number of rotatable bonds is 4. The van der Waals surface area contributed by atoms with Gasteiger partial charge < -0.3 is 10.1 Å². The normalized spacial score (nSPS) is 10.3. The topological polar surface area (TPSA) is 67.0 Å². The van der Waals surface area contributed by atoms with E-state index in [1.165, 1.54) is 19.2 Å². The molecule has 0 saturated heterocycles. The summed E-state index contributed by atoms with van der Waals surface area (Å²) in [6.07, 6.45) is 1.70. The molecule has 0 bridgehead atoms. The van der Waals surface area contributed by atoms with Crippen molar-refractivity contribution in [3.05, 3.63) is 47.0 Å². The number of nitrogens with zero attached hydrogens (tertiary/aromatic N) is 1. The highest BCUT2D eigenvalue weighted by Gasteiger charge is 2.13. The first-order chi connectivity index (χ1) is 9.11. The lowest BCUT2D eigenvalue weighted by Gasteiger charge is -2.10. The van der Waals surface area contributed by atoms with Gasteiger partial charge in [-0.05, 0) is 25.1 Å². The summed E-state index contributed by atoms with van der Waals surface area (Å²) in [5.74, 6) is -1.06. The van der Waals surface area contributed by atoms with Crippen molar-refractivity contribution in [2.75, 3.05) is 12.4 Å². The highest BCUT2D eigenvalue weighted by Crippen LogP contribution is 2.19. The van der Waals surface area contributed by atoms with Gasteiger partial charge in [0.15, 0.2) is 0 Å². The molecule has 0 aliphatic heterocycles. The van der Waals surface area contributed by atoms with E-state index < -0.39 is 11.8 Å². The number of methoxy groups -OCH3 is 1. The molecular formula is C13H14FN3O2. The Balaban J connectivity index is 2.20. The first-order valence-corrected chi connectivity index (χ1v) is 5.72. The van der Waals surface area contributed by atoms with E-state index in [-0.39, 0.29) is 5.56 Å². The third kappa shape index (κ3) is 2.90. The van der Waals surface area contributed by atoms with E-state index in [1.807, 2.05) is 6.92 Å². The van der Waals surface area contributed by atoms with Gasteiger partial charge in [0.25, 0.3) is 0 Å². The first kappa shape index (κ1) is 13.1. The van der Waals surface area contributed by atoms with E-state index in [2.05, 4.69) is 20.3 Å². The summed E-state index contributed by atoms with van der Waals surface area (Å²) in [5, 5.41) is 9.80. The molecule has 0 aliphatic carbocycles. The van der Waals surface area contributed by atoms with Crippen LogP contribution in [0.5, 0.6) is 0 Å². The molecule has 0 radical (unpaired) electrons. The van der Waals surface area contributed by atoms with Crippen LogP contribution in [-0.4, -0.2) is 23.3 Å². The van der Waals surface area contributed by atoms with Crippen LogP contribution in [0.1, 0.15) is 21.6 Å². The van der Waals surface area contributed by atoms with Gasteiger partial charge in [-0.1, -0.05) is 0 Å². The highest BCUT2D eigenvalue weighted by molar-refractivity contribution is 5.95. The van der Waals surface area contributed by atoms with Gasteiger partial charge in [0.2, 0.25) is 0 Å². The van der Waals surface area contributed by atoms with E-state index in [0.29, 0.717) is 12.2 Å². The number of aromatic amines is 1. The maximum absolute atomic E-state index is 13.2. The Bertz CT molecular complexity index is 595. The van der Waals surface area contributed by atoms with E-state index in [9.17, 15) is 9.18 Å². The molecule has 0 fully saturated rings. The minimum absolute atomic E-state index is 0.170. The van der Waals surface area contributed by atoms with Crippen molar-refractivity contribution in [1.82, 2.24) is 10.2 Å². The van der Waals surface area contributed by atoms with Crippen LogP contribution < -0.4 is 5.32 Å². The van der Waals surface area contributed by atoms with Crippen molar-refractivity contribution < 1.29 is 13.9 Å². The van der Waals surface area contributed by atoms with Gasteiger partial charge in [-0.3, -0.25) is 5.10 Å². The molecule has 0 atom stereocenters. The maximum Gasteiger partial charge on any atom is 0.340 e. The zero-order chi connectivity index (χ0) is 13.8. The third-order valence-corrected chi connectivity index (χ3v) is 2.79. The Morgan fingerprint density at radius 1 is 1.53 bits per heavy atom. The third-order valence-electron chi connectivity index (χ3n) is 2.79. The fraction of sp³-hybridized carbons (Fsp3) is 0.231. The molecular weight excluding hydrogens is 249 g/mol. The Morgan fingerprint density at radius 2 is 2.32 bits per heavy atom. The molecule has 1 aromatic heterocycles. The van der Waals surface area contributed by atoms with E-state index in [4.69, 9.17) is 0 Å². The summed E-state index contributed by atoms with van der Waals surface area (Å²) in [7, 11) is 1.26. The lowest BCUT2D eigenvalue weighted by Crippen LogP contribution is -2.09. The summed E-state index contributed by atoms with van der Waals surface area (Å²) in [6.45, 7) is 2.38. The number of carbonyl (C=O) groups excluding carboxylic acids is 1. The van der Waals surface area contributed by atoms with Crippen LogP contribution in [0, 0.1) is 12.7 Å². The van der Waals surface area contributed by atoms with Crippen LogP contribution in [0.2, 0.25) is 0 Å². The van der Waals surface area contributed by atoms with Crippen molar-refractivity contribution >= 4 is 11.7 Å². The van der Waals surface area contributed by atoms with E-state index >= 15 is 0 Å². The molecule has 0 saturated carbocycles. The van der Waals surface area contributed by atoms with Crippen LogP contribution in [0.15, 0.2) is 24.4 Å². The molecule has 1 aromatic carbocycles. The van der Waals surface area contributed by atoms with Crippen molar-refractivity contribution in [1.29, 1.82) is 0 Å². The number of esters is 1. The second-order valence-corrected chi connectivity index (χ2v) is 4.06. The Hall–Kier alpha value is -2.37. The van der Waals surface area contributed by atoms with Crippen molar-refractivity contribution in [3.8, 4) is 0 Å². The predicted molar refractivity (Wildman–Crippen MR) is 68.4 cm³/mol. The minimum atomic E-state index is -0.578. The number of nitrogens with one attached hydrogen (secondary N) is 2. The van der Waals surface area contributed by atoms with Crippen LogP contribution in [0.3, 0.4) is 0 Å². The number of benzene rings is 1. The van der Waals surface area contributed by atoms with Gasteiger partial charge in [-0.25, -0.2) is 9.18 Å². The molecule has 5 nitrogen and oxygen atoms in total. The molecule has 19 heavy (non-hydrogen) atoms. The molecule has 0 amide bonds. The van der Waals surface area contributed by atoms with Gasteiger partial charge >= 0.3 is 5.97 Å². The molecule has 2 aromatic rings. The molecule has 1 heterocycles. The largest absolute Gasteiger partial charge is 0.465 e. The summed E-state index contributed by atoms with van der Waals surface area (Å²) in [4.78, 5) is 11.6. The van der Waals surface area contributed by atoms with Gasteiger partial charge in [0.05, 0.1) is 18.9 Å². The van der Waals surface area contributed by atoms with Crippen LogP contribution >= 0.6 is 0 Å². The smallest absolute Gasteiger partial charge is 0.340 e. The zero-order valence-corrected chi connectivity index (χ0v) is 10.7. The fourth-order valence-electron chi connectivity index (χ4n) is 1.69. The lowest BCUT2D eigenvalue weighted by atomic mass is 10.1. The van der Waals surface area contributed by atoms with Gasteiger partial charge in [0, 0.05) is 23.5 Å². The average Bonchev–Trinajstić information content (AvgIpc) is 2.82. The molecule has 100 valence electrons. The minimum Gasteiger partial charge on any atom is -0.465 e. The van der Waals surface area contributed by atoms with Crippen molar-refractivity contribution in [3.63, 3.8) is 0 Å². The van der Waals surface area contributed by atoms with E-state index in [1.54, 1.807) is 6.20 Å². The monoisotopic (exact) mass is 263 g/mol. The number of ether oxygens (including phenoxy) is 1. The molecule has 2 N–H and O–H groups in total. The molecule has 2 rings (SSSR count). The Kier molecular flexibility index (Phi) is 3.79. The number of carbonyl (C=O) groups is 1. The summed E-state index contributed by atoms with van der Waals surface area (Å²) in [6, 6.07) is 3.95. The number of aryl methyl sites for hydroxylation is 1. The van der Waals surface area contributed by atoms with Crippen LogP contribution in [-0.2, 0) is 11.3 Å². The number of hydrogen-bond acceptors (Lipinski definition) is 4. The fourth-order valence-corrected chi connectivity index (χ4v) is 1.69. The lowest BCUT2D eigenvalue weighted by molar-refractivity contribution is 0.0601. The quantitative estimate of drug-likeness (QED) is 0.830. The highest BCUT2D eigenvalue weighted by atomic mass is 19.1. The second-order valence-electron chi connectivity index (χ2n) is 4.06. The predicted octanol–water partition coefficient (Wildman–Crippen LogP) is 2.26. The van der Waals surface area contributed by atoms with E-state index in [0.717, 1.165) is 17.3 Å². The SMILES string of the molecule is COC(=O)c1cc(F)ccc1NCc1cn[nH]c1C. The molecule has 0 unspecified atom stereocenters. The van der Waals surface area contributed by atoms with Gasteiger partial charge in [0.1, 0.15) is 5.82 Å². The molecule has 6 heteroatoms. The molecule has 0 aliphatic rings. The standard InChI is InChI=1S/C13H14FN3O2/c1-8-9(7-16-17-8)6-15-12-4-3-10(14)5-11(12)13(18)19-2/h3-5,7,15H,6H2,1-2H3,(H,16,17). The number of H-pyrrole nitrogens is 1. The van der Waals surface area contributed by atoms with Gasteiger partial charge in [-0.15, -0.1) is 0 Å². The average molecular weight is 263 g/mol. The Labute approximate surface area is 109 Å². The number of anilines is 1.